The molecular formula is C15H19N3O3. The number of carbonyl (C=O) groups is 1. The number of hydrogen-bond acceptors (Lipinski definition) is 4. The zero-order valence-corrected chi connectivity index (χ0v) is 12.5. The van der Waals surface area contributed by atoms with Gasteiger partial charge in [0.2, 0.25) is 5.91 Å². The van der Waals surface area contributed by atoms with Crippen molar-refractivity contribution in [1.82, 2.24) is 14.9 Å². The number of nitrogens with zero attached hydrogens (tertiary/aromatic N) is 2. The Morgan fingerprint density at radius 3 is 2.76 bits per heavy atom. The third kappa shape index (κ3) is 3.59. The largest absolute Gasteiger partial charge is 0.467 e. The maximum atomic E-state index is 12.4. The fourth-order valence-electron chi connectivity index (χ4n) is 2.19. The zero-order chi connectivity index (χ0) is 15.4. The third-order valence-corrected chi connectivity index (χ3v) is 3.33. The molecule has 0 spiro atoms. The summed E-state index contributed by atoms with van der Waals surface area (Å²) >= 11 is 0. The van der Waals surface area contributed by atoms with Gasteiger partial charge in [-0.2, -0.15) is 0 Å². The Bertz CT molecular complexity index is 674. The van der Waals surface area contributed by atoms with Gasteiger partial charge in [0.15, 0.2) is 0 Å². The second-order valence-electron chi connectivity index (χ2n) is 4.88. The number of carbonyl (C=O) groups excluding carboxylic acids is 1. The van der Waals surface area contributed by atoms with Gasteiger partial charge in [0.1, 0.15) is 11.6 Å². The van der Waals surface area contributed by atoms with Gasteiger partial charge in [-0.25, -0.2) is 4.98 Å². The molecule has 0 saturated heterocycles. The van der Waals surface area contributed by atoms with Crippen LogP contribution in [0.5, 0.6) is 0 Å². The second-order valence-corrected chi connectivity index (χ2v) is 4.88. The van der Waals surface area contributed by atoms with Crippen LogP contribution in [-0.4, -0.2) is 27.3 Å². The van der Waals surface area contributed by atoms with Crippen molar-refractivity contribution in [2.45, 2.75) is 33.7 Å². The SMILES string of the molecule is CCN(Cc1ccco1)C(=O)Cc1c(C)nc(C)[nH]c1=O. The Morgan fingerprint density at radius 1 is 1.43 bits per heavy atom. The summed E-state index contributed by atoms with van der Waals surface area (Å²) in [6, 6.07) is 3.60. The van der Waals surface area contributed by atoms with Gasteiger partial charge >= 0.3 is 0 Å². The van der Waals surface area contributed by atoms with Gasteiger partial charge in [-0.3, -0.25) is 9.59 Å². The fraction of sp³-hybridized carbons (Fsp3) is 0.400. The van der Waals surface area contributed by atoms with Crippen LogP contribution in [0.4, 0.5) is 0 Å². The van der Waals surface area contributed by atoms with E-state index >= 15 is 0 Å². The van der Waals surface area contributed by atoms with Crippen molar-refractivity contribution >= 4 is 5.91 Å². The minimum atomic E-state index is -0.248. The lowest BCUT2D eigenvalue weighted by Crippen LogP contribution is -2.33. The van der Waals surface area contributed by atoms with Crippen molar-refractivity contribution in [3.63, 3.8) is 0 Å². The number of aromatic nitrogens is 2. The third-order valence-electron chi connectivity index (χ3n) is 3.33. The molecule has 0 aliphatic rings. The highest BCUT2D eigenvalue weighted by Crippen LogP contribution is 2.08. The van der Waals surface area contributed by atoms with E-state index in [9.17, 15) is 9.59 Å². The molecular weight excluding hydrogens is 270 g/mol. The van der Waals surface area contributed by atoms with Crippen LogP contribution in [0.2, 0.25) is 0 Å². The number of rotatable bonds is 5. The van der Waals surface area contributed by atoms with Crippen LogP contribution >= 0.6 is 0 Å². The summed E-state index contributed by atoms with van der Waals surface area (Å²) in [5.74, 6) is 1.16. The van der Waals surface area contributed by atoms with E-state index in [-0.39, 0.29) is 17.9 Å². The number of nitrogens with one attached hydrogen (secondary N) is 1. The number of hydrogen-bond donors (Lipinski definition) is 1. The molecule has 2 rings (SSSR count). The summed E-state index contributed by atoms with van der Waals surface area (Å²) in [7, 11) is 0. The molecule has 0 radical (unpaired) electrons. The number of furan rings is 1. The van der Waals surface area contributed by atoms with Crippen molar-refractivity contribution in [2.75, 3.05) is 6.54 Å². The average molecular weight is 289 g/mol. The molecule has 0 fully saturated rings. The Balaban J connectivity index is 2.14. The van der Waals surface area contributed by atoms with Gasteiger partial charge in [0.25, 0.3) is 5.56 Å². The molecule has 0 atom stereocenters. The van der Waals surface area contributed by atoms with Crippen LogP contribution in [0.3, 0.4) is 0 Å². The Hall–Kier alpha value is -2.37. The van der Waals surface area contributed by atoms with Crippen LogP contribution in [0, 0.1) is 13.8 Å². The lowest BCUT2D eigenvalue weighted by molar-refractivity contribution is -0.131. The van der Waals surface area contributed by atoms with E-state index in [1.807, 2.05) is 13.0 Å². The van der Waals surface area contributed by atoms with Gasteiger partial charge in [-0.15, -0.1) is 0 Å². The van der Waals surface area contributed by atoms with E-state index in [0.717, 1.165) is 5.76 Å². The van der Waals surface area contributed by atoms with E-state index in [0.29, 0.717) is 30.2 Å². The number of amides is 1. The molecule has 2 heterocycles. The molecule has 112 valence electrons. The highest BCUT2D eigenvalue weighted by atomic mass is 16.3. The van der Waals surface area contributed by atoms with E-state index in [4.69, 9.17) is 4.42 Å². The summed E-state index contributed by atoms with van der Waals surface area (Å²) in [6.45, 7) is 6.31. The van der Waals surface area contributed by atoms with Crippen molar-refractivity contribution in [3.8, 4) is 0 Å². The first-order chi connectivity index (χ1) is 10.0. The Morgan fingerprint density at radius 2 is 2.19 bits per heavy atom. The molecule has 0 unspecified atom stereocenters. The minimum absolute atomic E-state index is 0.0446. The van der Waals surface area contributed by atoms with Crippen molar-refractivity contribution < 1.29 is 9.21 Å². The van der Waals surface area contributed by atoms with Crippen molar-refractivity contribution in [2.24, 2.45) is 0 Å². The van der Waals surface area contributed by atoms with Crippen LogP contribution in [0.25, 0.3) is 0 Å². The van der Waals surface area contributed by atoms with E-state index in [2.05, 4.69) is 9.97 Å². The van der Waals surface area contributed by atoms with E-state index < -0.39 is 0 Å². The molecule has 0 aliphatic heterocycles. The topological polar surface area (TPSA) is 79.2 Å². The predicted molar refractivity (Wildman–Crippen MR) is 77.8 cm³/mol. The molecule has 6 heteroatoms. The maximum Gasteiger partial charge on any atom is 0.254 e. The van der Waals surface area contributed by atoms with Gasteiger partial charge in [0.05, 0.1) is 19.2 Å². The van der Waals surface area contributed by atoms with Crippen LogP contribution < -0.4 is 5.56 Å². The first kappa shape index (κ1) is 15.0. The minimum Gasteiger partial charge on any atom is -0.467 e. The highest BCUT2D eigenvalue weighted by Gasteiger charge is 2.17. The molecule has 21 heavy (non-hydrogen) atoms. The Kier molecular flexibility index (Phi) is 4.57. The molecule has 0 bridgehead atoms. The monoisotopic (exact) mass is 289 g/mol. The second kappa shape index (κ2) is 6.39. The van der Waals surface area contributed by atoms with E-state index in [1.165, 1.54) is 0 Å². The molecule has 1 amide bonds. The first-order valence-corrected chi connectivity index (χ1v) is 6.87. The normalized spacial score (nSPS) is 10.6. The summed E-state index contributed by atoms with van der Waals surface area (Å²) in [4.78, 5) is 32.8. The standard InChI is InChI=1S/C15H19N3O3/c1-4-18(9-12-6-5-7-21-12)14(19)8-13-10(2)16-11(3)17-15(13)20/h5-7H,4,8-9H2,1-3H3,(H,16,17,20). The van der Waals surface area contributed by atoms with Crippen LogP contribution in [-0.2, 0) is 17.8 Å². The molecule has 0 aromatic carbocycles. The fourth-order valence-corrected chi connectivity index (χ4v) is 2.19. The first-order valence-electron chi connectivity index (χ1n) is 6.87. The van der Waals surface area contributed by atoms with Gasteiger partial charge in [-0.1, -0.05) is 0 Å². The summed E-state index contributed by atoms with van der Waals surface area (Å²) < 4.78 is 5.26. The van der Waals surface area contributed by atoms with Crippen LogP contribution in [0.15, 0.2) is 27.6 Å². The smallest absolute Gasteiger partial charge is 0.254 e. The van der Waals surface area contributed by atoms with Gasteiger partial charge < -0.3 is 14.3 Å². The van der Waals surface area contributed by atoms with Gasteiger partial charge in [-0.05, 0) is 32.9 Å². The number of aromatic amines is 1. The lowest BCUT2D eigenvalue weighted by Gasteiger charge is -2.19. The molecule has 6 nitrogen and oxygen atoms in total. The molecule has 2 aromatic heterocycles. The molecule has 2 aromatic rings. The highest BCUT2D eigenvalue weighted by molar-refractivity contribution is 5.78. The summed E-state index contributed by atoms with van der Waals surface area (Å²) in [5, 5.41) is 0. The average Bonchev–Trinajstić information content (AvgIpc) is 2.92. The van der Waals surface area contributed by atoms with Crippen LogP contribution in [0.1, 0.15) is 29.8 Å². The quantitative estimate of drug-likeness (QED) is 0.906. The van der Waals surface area contributed by atoms with E-state index in [1.54, 1.807) is 31.1 Å². The summed E-state index contributed by atoms with van der Waals surface area (Å²) in [6.07, 6.45) is 1.62. The maximum absolute atomic E-state index is 12.4. The lowest BCUT2D eigenvalue weighted by atomic mass is 10.1. The Labute approximate surface area is 122 Å². The molecule has 0 saturated carbocycles. The number of likely N-dealkylation sites (N-methyl/N-ethyl adjacent to an activating group) is 1. The predicted octanol–water partition coefficient (Wildman–Crippen LogP) is 1.57. The molecule has 1 N–H and O–H groups in total. The number of H-pyrrole nitrogens is 1. The van der Waals surface area contributed by atoms with Gasteiger partial charge in [0, 0.05) is 17.8 Å². The van der Waals surface area contributed by atoms with Crippen molar-refractivity contribution in [3.05, 3.63) is 51.6 Å². The number of aryl methyl sites for hydroxylation is 2. The molecule has 0 aliphatic carbocycles. The van der Waals surface area contributed by atoms with Crippen molar-refractivity contribution in [1.29, 1.82) is 0 Å². The zero-order valence-electron chi connectivity index (χ0n) is 12.5. The summed E-state index contributed by atoms with van der Waals surface area (Å²) in [5.41, 5.74) is 0.768.